The van der Waals surface area contributed by atoms with E-state index in [1.165, 1.54) is 25.3 Å². The molecule has 0 amide bonds. The summed E-state index contributed by atoms with van der Waals surface area (Å²) >= 11 is 0. The number of hydrogen-bond acceptors (Lipinski definition) is 5. The number of nitrogens with zero attached hydrogens (tertiary/aromatic N) is 2. The van der Waals surface area contributed by atoms with Crippen molar-refractivity contribution < 1.29 is 18.7 Å². The van der Waals surface area contributed by atoms with Crippen molar-refractivity contribution in [2.75, 3.05) is 13.7 Å². The van der Waals surface area contributed by atoms with Crippen LogP contribution in [-0.4, -0.2) is 24.7 Å². The van der Waals surface area contributed by atoms with Crippen molar-refractivity contribution in [1.29, 1.82) is 5.26 Å². The molecule has 2 aromatic carbocycles. The van der Waals surface area contributed by atoms with Crippen LogP contribution in [0.2, 0.25) is 0 Å². The summed E-state index contributed by atoms with van der Waals surface area (Å²) < 4.78 is 23.5. The SMILES string of the molecule is CCOC(=O)c1cc(C#N)c2cc(Cc3ccc(F)cc3)cnc2c1OC. The largest absolute Gasteiger partial charge is 0.494 e. The first kappa shape index (κ1) is 18.3. The minimum atomic E-state index is -0.565. The maximum Gasteiger partial charge on any atom is 0.342 e. The average molecular weight is 364 g/mol. The molecule has 0 saturated carbocycles. The molecule has 0 bridgehead atoms. The van der Waals surface area contributed by atoms with Crippen LogP contribution in [-0.2, 0) is 11.2 Å². The van der Waals surface area contributed by atoms with Crippen LogP contribution in [0.15, 0.2) is 42.6 Å². The van der Waals surface area contributed by atoms with Crippen LogP contribution in [0.1, 0.15) is 34.0 Å². The summed E-state index contributed by atoms with van der Waals surface area (Å²) in [5.74, 6) is -0.584. The van der Waals surface area contributed by atoms with Gasteiger partial charge in [-0.25, -0.2) is 9.18 Å². The summed E-state index contributed by atoms with van der Waals surface area (Å²) in [4.78, 5) is 16.6. The lowest BCUT2D eigenvalue weighted by Crippen LogP contribution is -2.08. The van der Waals surface area contributed by atoms with Gasteiger partial charge in [0.2, 0.25) is 0 Å². The van der Waals surface area contributed by atoms with Crippen LogP contribution < -0.4 is 4.74 Å². The summed E-state index contributed by atoms with van der Waals surface area (Å²) in [5.41, 5.74) is 2.68. The molecule has 0 saturated heterocycles. The molecule has 0 aliphatic heterocycles. The van der Waals surface area contributed by atoms with E-state index in [0.29, 0.717) is 22.9 Å². The van der Waals surface area contributed by atoms with Gasteiger partial charge in [-0.15, -0.1) is 0 Å². The predicted octanol–water partition coefficient (Wildman–Crippen LogP) is 4.02. The van der Waals surface area contributed by atoms with Gasteiger partial charge in [0.25, 0.3) is 0 Å². The maximum absolute atomic E-state index is 13.1. The Kier molecular flexibility index (Phi) is 5.32. The molecule has 0 aliphatic carbocycles. The summed E-state index contributed by atoms with van der Waals surface area (Å²) in [5, 5.41) is 10.1. The lowest BCUT2D eigenvalue weighted by atomic mass is 10.00. The third-order valence-electron chi connectivity index (χ3n) is 4.12. The van der Waals surface area contributed by atoms with E-state index in [0.717, 1.165) is 11.1 Å². The number of halogens is 1. The van der Waals surface area contributed by atoms with Crippen LogP contribution >= 0.6 is 0 Å². The van der Waals surface area contributed by atoms with Crippen molar-refractivity contribution in [2.24, 2.45) is 0 Å². The molecule has 6 heteroatoms. The Morgan fingerprint density at radius 1 is 1.22 bits per heavy atom. The second-order valence-electron chi connectivity index (χ2n) is 5.88. The minimum absolute atomic E-state index is 0.169. The van der Waals surface area contributed by atoms with E-state index in [1.54, 1.807) is 25.3 Å². The fourth-order valence-corrected chi connectivity index (χ4v) is 2.90. The van der Waals surface area contributed by atoms with Crippen LogP contribution in [0.25, 0.3) is 10.9 Å². The molecule has 3 aromatic rings. The van der Waals surface area contributed by atoms with E-state index in [2.05, 4.69) is 11.1 Å². The standard InChI is InChI=1S/C21H17FN2O3/c1-3-27-21(25)18-10-15(11-23)17-9-14(12-24-19(17)20(18)26-2)8-13-4-6-16(22)7-5-13/h4-7,9-10,12H,3,8H2,1-2H3. The van der Waals surface area contributed by atoms with Crippen molar-refractivity contribution in [3.63, 3.8) is 0 Å². The number of methoxy groups -OCH3 is 1. The second-order valence-corrected chi connectivity index (χ2v) is 5.88. The van der Waals surface area contributed by atoms with Crippen molar-refractivity contribution in [3.05, 3.63) is 70.7 Å². The molecule has 0 fully saturated rings. The van der Waals surface area contributed by atoms with Gasteiger partial charge in [-0.05, 0) is 48.7 Å². The summed E-state index contributed by atoms with van der Waals surface area (Å²) in [6.07, 6.45) is 2.19. The molecule has 1 heterocycles. The normalized spacial score (nSPS) is 10.4. The van der Waals surface area contributed by atoms with Gasteiger partial charge in [-0.1, -0.05) is 12.1 Å². The highest BCUT2D eigenvalue weighted by molar-refractivity contribution is 6.02. The molecule has 3 rings (SSSR count). The van der Waals surface area contributed by atoms with E-state index in [9.17, 15) is 14.4 Å². The Bertz CT molecular complexity index is 1040. The predicted molar refractivity (Wildman–Crippen MR) is 98.2 cm³/mol. The number of aromatic nitrogens is 1. The first-order chi connectivity index (χ1) is 13.1. The zero-order chi connectivity index (χ0) is 19.4. The molecule has 0 atom stereocenters. The zero-order valence-electron chi connectivity index (χ0n) is 15.0. The highest BCUT2D eigenvalue weighted by atomic mass is 19.1. The van der Waals surface area contributed by atoms with Gasteiger partial charge in [0, 0.05) is 11.6 Å². The van der Waals surface area contributed by atoms with Gasteiger partial charge >= 0.3 is 5.97 Å². The van der Waals surface area contributed by atoms with Crippen LogP contribution in [0.4, 0.5) is 4.39 Å². The maximum atomic E-state index is 13.1. The van der Waals surface area contributed by atoms with Gasteiger partial charge in [0.15, 0.2) is 5.75 Å². The number of rotatable bonds is 5. The lowest BCUT2D eigenvalue weighted by Gasteiger charge is -2.13. The zero-order valence-corrected chi connectivity index (χ0v) is 15.0. The Balaban J connectivity index is 2.10. The Morgan fingerprint density at radius 2 is 1.96 bits per heavy atom. The van der Waals surface area contributed by atoms with Gasteiger partial charge in [0.1, 0.15) is 16.9 Å². The molecular weight excluding hydrogens is 347 g/mol. The number of pyridine rings is 1. The monoisotopic (exact) mass is 364 g/mol. The number of esters is 1. The molecule has 5 nitrogen and oxygen atoms in total. The summed E-state index contributed by atoms with van der Waals surface area (Å²) in [6.45, 7) is 1.92. The topological polar surface area (TPSA) is 72.2 Å². The molecule has 0 unspecified atom stereocenters. The fourth-order valence-electron chi connectivity index (χ4n) is 2.90. The highest BCUT2D eigenvalue weighted by Crippen LogP contribution is 2.32. The van der Waals surface area contributed by atoms with E-state index >= 15 is 0 Å². The number of hydrogen-bond donors (Lipinski definition) is 0. The Morgan fingerprint density at radius 3 is 2.59 bits per heavy atom. The van der Waals surface area contributed by atoms with Crippen molar-refractivity contribution in [1.82, 2.24) is 4.98 Å². The number of fused-ring (bicyclic) bond motifs is 1. The van der Waals surface area contributed by atoms with Crippen LogP contribution in [0.3, 0.4) is 0 Å². The van der Waals surface area contributed by atoms with Crippen LogP contribution in [0.5, 0.6) is 5.75 Å². The van der Waals surface area contributed by atoms with E-state index in [4.69, 9.17) is 9.47 Å². The third-order valence-corrected chi connectivity index (χ3v) is 4.12. The number of carbonyl (C=O) groups excluding carboxylic acids is 1. The minimum Gasteiger partial charge on any atom is -0.494 e. The first-order valence-corrected chi connectivity index (χ1v) is 8.38. The number of benzene rings is 2. The first-order valence-electron chi connectivity index (χ1n) is 8.38. The Hall–Kier alpha value is -3.46. The van der Waals surface area contributed by atoms with Gasteiger partial charge in [0.05, 0.1) is 25.3 Å². The molecular formula is C21H17FN2O3. The molecule has 0 spiro atoms. The molecule has 0 radical (unpaired) electrons. The quantitative estimate of drug-likeness (QED) is 0.640. The van der Waals surface area contributed by atoms with Gasteiger partial charge in [-0.3, -0.25) is 4.98 Å². The van der Waals surface area contributed by atoms with E-state index < -0.39 is 5.97 Å². The smallest absolute Gasteiger partial charge is 0.342 e. The highest BCUT2D eigenvalue weighted by Gasteiger charge is 2.20. The average Bonchev–Trinajstić information content (AvgIpc) is 2.68. The lowest BCUT2D eigenvalue weighted by molar-refractivity contribution is 0.0523. The van der Waals surface area contributed by atoms with Crippen molar-refractivity contribution in [2.45, 2.75) is 13.3 Å². The molecule has 0 aliphatic rings. The van der Waals surface area contributed by atoms with Crippen LogP contribution in [0, 0.1) is 17.1 Å². The van der Waals surface area contributed by atoms with Gasteiger partial charge in [-0.2, -0.15) is 5.26 Å². The van der Waals surface area contributed by atoms with E-state index in [-0.39, 0.29) is 23.7 Å². The van der Waals surface area contributed by atoms with Gasteiger partial charge < -0.3 is 9.47 Å². The Labute approximate surface area is 156 Å². The summed E-state index contributed by atoms with van der Waals surface area (Å²) in [7, 11) is 1.44. The molecule has 27 heavy (non-hydrogen) atoms. The van der Waals surface area contributed by atoms with E-state index in [1.807, 2.05) is 6.07 Å². The van der Waals surface area contributed by atoms with Crippen molar-refractivity contribution in [3.8, 4) is 11.8 Å². The van der Waals surface area contributed by atoms with Crippen molar-refractivity contribution >= 4 is 16.9 Å². The molecule has 1 aromatic heterocycles. The molecule has 0 N–H and O–H groups in total. The second kappa shape index (κ2) is 7.83. The molecule has 136 valence electrons. The number of carbonyl (C=O) groups is 1. The number of nitriles is 1. The number of ether oxygens (including phenoxy) is 2. The summed E-state index contributed by atoms with van der Waals surface area (Å²) in [6, 6.07) is 11.6. The third kappa shape index (κ3) is 3.72. The fraction of sp³-hybridized carbons (Fsp3) is 0.190.